The van der Waals surface area contributed by atoms with Crippen LogP contribution in [0.2, 0.25) is 0 Å². The summed E-state index contributed by atoms with van der Waals surface area (Å²) in [5, 5.41) is 1.05. The molecule has 4 rings (SSSR count). The fourth-order valence-corrected chi connectivity index (χ4v) is 4.95. The van der Waals surface area contributed by atoms with Gasteiger partial charge in [0.1, 0.15) is 5.58 Å². The molecule has 0 bridgehead atoms. The Morgan fingerprint density at radius 1 is 1.23 bits per heavy atom. The van der Waals surface area contributed by atoms with Crippen molar-refractivity contribution in [1.29, 1.82) is 0 Å². The van der Waals surface area contributed by atoms with Gasteiger partial charge in [0.25, 0.3) is 0 Å². The van der Waals surface area contributed by atoms with Crippen molar-refractivity contribution < 1.29 is 17.6 Å². The predicted octanol–water partition coefficient (Wildman–Crippen LogP) is 2.00. The first-order valence-electron chi connectivity index (χ1n) is 9.16. The third kappa shape index (κ3) is 3.64. The van der Waals surface area contributed by atoms with Crippen molar-refractivity contribution in [2.75, 3.05) is 19.3 Å². The van der Waals surface area contributed by atoms with E-state index >= 15 is 0 Å². The van der Waals surface area contributed by atoms with Gasteiger partial charge in [-0.3, -0.25) is 4.79 Å². The van der Waals surface area contributed by atoms with Gasteiger partial charge in [-0.1, -0.05) is 0 Å². The Balaban J connectivity index is 1.42. The lowest BCUT2D eigenvalue weighted by Crippen LogP contribution is -2.46. The molecule has 1 fully saturated rings. The van der Waals surface area contributed by atoms with E-state index in [-0.39, 0.29) is 11.9 Å². The van der Waals surface area contributed by atoms with Gasteiger partial charge in [-0.05, 0) is 55.4 Å². The van der Waals surface area contributed by atoms with E-state index in [1.807, 2.05) is 4.90 Å². The Labute approximate surface area is 153 Å². The molecular formula is C19H24N2O4S. The van der Waals surface area contributed by atoms with Crippen molar-refractivity contribution in [3.8, 4) is 0 Å². The molecule has 0 spiro atoms. The molecule has 0 radical (unpaired) electrons. The molecular weight excluding hydrogens is 352 g/mol. The number of hydrogen-bond donors (Lipinski definition) is 1. The number of aryl methyl sites for hydroxylation is 2. The highest BCUT2D eigenvalue weighted by Crippen LogP contribution is 2.30. The Hall–Kier alpha value is -1.86. The van der Waals surface area contributed by atoms with Crippen molar-refractivity contribution in [3.05, 3.63) is 35.1 Å². The molecule has 0 unspecified atom stereocenters. The van der Waals surface area contributed by atoms with E-state index in [0.29, 0.717) is 32.4 Å². The van der Waals surface area contributed by atoms with E-state index in [0.717, 1.165) is 29.4 Å². The van der Waals surface area contributed by atoms with Crippen LogP contribution in [0, 0.1) is 0 Å². The molecule has 1 aliphatic heterocycles. The van der Waals surface area contributed by atoms with Crippen molar-refractivity contribution >= 4 is 26.9 Å². The Kier molecular flexibility index (Phi) is 4.52. The molecule has 140 valence electrons. The maximum absolute atomic E-state index is 12.7. The molecule has 1 aliphatic carbocycles. The number of hydrogen-bond acceptors (Lipinski definition) is 4. The fraction of sp³-hybridized carbons (Fsp3) is 0.526. The number of carbonyl (C=O) groups excluding carboxylic acids is 1. The number of nitrogens with zero attached hydrogens (tertiary/aromatic N) is 1. The Bertz CT molecular complexity index is 940. The van der Waals surface area contributed by atoms with Gasteiger partial charge >= 0.3 is 0 Å². The number of piperidine rings is 1. The first-order valence-corrected chi connectivity index (χ1v) is 11.0. The highest BCUT2D eigenvalue weighted by Gasteiger charge is 2.25. The first-order chi connectivity index (χ1) is 12.4. The summed E-state index contributed by atoms with van der Waals surface area (Å²) in [7, 11) is -3.20. The number of sulfonamides is 1. The Morgan fingerprint density at radius 2 is 1.92 bits per heavy atom. The second-order valence-corrected chi connectivity index (χ2v) is 9.23. The van der Waals surface area contributed by atoms with Crippen molar-refractivity contribution in [2.24, 2.45) is 0 Å². The van der Waals surface area contributed by atoms with E-state index in [1.165, 1.54) is 23.8 Å². The van der Waals surface area contributed by atoms with E-state index in [9.17, 15) is 13.2 Å². The summed E-state index contributed by atoms with van der Waals surface area (Å²) in [4.78, 5) is 14.5. The number of furan rings is 1. The maximum atomic E-state index is 12.7. The number of likely N-dealkylation sites (tertiary alicyclic amines) is 1. The van der Waals surface area contributed by atoms with Gasteiger partial charge in [0.2, 0.25) is 15.9 Å². The lowest BCUT2D eigenvalue weighted by atomic mass is 10.0. The summed E-state index contributed by atoms with van der Waals surface area (Å²) >= 11 is 0. The van der Waals surface area contributed by atoms with Crippen molar-refractivity contribution in [2.45, 2.75) is 44.6 Å². The van der Waals surface area contributed by atoms with Crippen LogP contribution in [0.3, 0.4) is 0 Å². The Morgan fingerprint density at radius 3 is 2.62 bits per heavy atom. The fourth-order valence-electron chi connectivity index (χ4n) is 4.11. The van der Waals surface area contributed by atoms with Gasteiger partial charge < -0.3 is 9.32 Å². The van der Waals surface area contributed by atoms with Gasteiger partial charge in [0, 0.05) is 30.1 Å². The van der Waals surface area contributed by atoms with Crippen LogP contribution in [-0.4, -0.2) is 44.6 Å². The third-order valence-corrected chi connectivity index (χ3v) is 6.20. The second kappa shape index (κ2) is 6.70. The topological polar surface area (TPSA) is 79.6 Å². The molecule has 26 heavy (non-hydrogen) atoms. The molecule has 0 atom stereocenters. The molecule has 2 aromatic rings. The lowest BCUT2D eigenvalue weighted by Gasteiger charge is -2.32. The van der Waals surface area contributed by atoms with Gasteiger partial charge in [-0.2, -0.15) is 0 Å². The summed E-state index contributed by atoms with van der Waals surface area (Å²) < 4.78 is 31.0. The van der Waals surface area contributed by atoms with Crippen molar-refractivity contribution in [3.63, 3.8) is 0 Å². The van der Waals surface area contributed by atoms with Gasteiger partial charge in [-0.15, -0.1) is 0 Å². The largest absolute Gasteiger partial charge is 0.464 e. The number of nitrogens with one attached hydrogen (secondary N) is 1. The van der Waals surface area contributed by atoms with Gasteiger partial charge in [-0.25, -0.2) is 13.1 Å². The number of rotatable bonds is 4. The highest BCUT2D eigenvalue weighted by molar-refractivity contribution is 7.88. The van der Waals surface area contributed by atoms with Gasteiger partial charge in [0.05, 0.1) is 18.9 Å². The normalized spacial score (nSPS) is 18.4. The smallest absolute Gasteiger partial charge is 0.227 e. The standard InChI is InChI=1S/C19H24N2O4S/c1-26(23,24)20-16-5-7-21(8-6-16)19(22)11-15-12-25-18-10-14-4-2-3-13(14)9-17(15)18/h9-10,12,16,20H,2-8,11H2,1H3. The van der Waals surface area contributed by atoms with Crippen LogP contribution < -0.4 is 4.72 Å². The van der Waals surface area contributed by atoms with Crippen LogP contribution in [0.4, 0.5) is 0 Å². The van der Waals surface area contributed by atoms with E-state index in [2.05, 4.69) is 16.9 Å². The minimum absolute atomic E-state index is 0.0750. The summed E-state index contributed by atoms with van der Waals surface area (Å²) in [6.45, 7) is 1.16. The minimum Gasteiger partial charge on any atom is -0.464 e. The monoisotopic (exact) mass is 376 g/mol. The van der Waals surface area contributed by atoms with E-state index < -0.39 is 10.0 Å². The summed E-state index contributed by atoms with van der Waals surface area (Å²) in [6, 6.07) is 4.23. The quantitative estimate of drug-likeness (QED) is 0.885. The molecule has 1 N–H and O–H groups in total. The van der Waals surface area contributed by atoms with Crippen LogP contribution >= 0.6 is 0 Å². The number of benzene rings is 1. The second-order valence-electron chi connectivity index (χ2n) is 7.45. The number of fused-ring (bicyclic) bond motifs is 2. The zero-order chi connectivity index (χ0) is 18.3. The molecule has 1 aromatic carbocycles. The summed E-state index contributed by atoms with van der Waals surface area (Å²) in [5.41, 5.74) is 4.55. The molecule has 2 heterocycles. The number of amides is 1. The average molecular weight is 376 g/mol. The molecule has 1 aromatic heterocycles. The zero-order valence-corrected chi connectivity index (χ0v) is 15.8. The molecule has 6 nitrogen and oxygen atoms in total. The van der Waals surface area contributed by atoms with Crippen LogP contribution in [0.1, 0.15) is 36.0 Å². The maximum Gasteiger partial charge on any atom is 0.227 e. The molecule has 7 heteroatoms. The minimum atomic E-state index is -3.20. The average Bonchev–Trinajstić information content (AvgIpc) is 3.18. The SMILES string of the molecule is CS(=O)(=O)NC1CCN(C(=O)Cc2coc3cc4c(cc23)CCC4)CC1. The zero-order valence-electron chi connectivity index (χ0n) is 15.0. The van der Waals surface area contributed by atoms with Gasteiger partial charge in [0.15, 0.2) is 0 Å². The summed E-state index contributed by atoms with van der Waals surface area (Å²) in [6.07, 6.45) is 7.90. The molecule has 1 saturated heterocycles. The van der Waals surface area contributed by atoms with Crippen LogP contribution in [0.25, 0.3) is 11.0 Å². The summed E-state index contributed by atoms with van der Waals surface area (Å²) in [5.74, 6) is 0.0750. The van der Waals surface area contributed by atoms with Crippen molar-refractivity contribution in [1.82, 2.24) is 9.62 Å². The molecule has 0 saturated carbocycles. The first kappa shape index (κ1) is 17.5. The van der Waals surface area contributed by atoms with E-state index in [1.54, 1.807) is 6.26 Å². The third-order valence-electron chi connectivity index (χ3n) is 5.44. The predicted molar refractivity (Wildman–Crippen MR) is 99.5 cm³/mol. The van der Waals surface area contributed by atoms with Crippen LogP contribution in [-0.2, 0) is 34.1 Å². The highest BCUT2D eigenvalue weighted by atomic mass is 32.2. The van der Waals surface area contributed by atoms with Crippen LogP contribution in [0.5, 0.6) is 0 Å². The number of carbonyl (C=O) groups is 1. The lowest BCUT2D eigenvalue weighted by molar-refractivity contribution is -0.131. The molecule has 1 amide bonds. The van der Waals surface area contributed by atoms with Crippen LogP contribution in [0.15, 0.2) is 22.8 Å². The molecule has 2 aliphatic rings. The van der Waals surface area contributed by atoms with E-state index in [4.69, 9.17) is 4.42 Å².